The first kappa shape index (κ1) is 34.5. The Balaban J connectivity index is 0. The third-order valence-electron chi connectivity index (χ3n) is 0. The normalized spacial score (nSPS) is 0. The van der Waals surface area contributed by atoms with Crippen molar-refractivity contribution >= 4 is 17.4 Å². The third-order valence-corrected chi connectivity index (χ3v) is 0. The number of rotatable bonds is 0. The van der Waals surface area contributed by atoms with Crippen LogP contribution < -0.4 is 0 Å². The van der Waals surface area contributed by atoms with Crippen LogP contribution >= 0.6 is 0 Å². The summed E-state index contributed by atoms with van der Waals surface area (Å²) in [5.74, 6) is 0. The molecule has 0 aliphatic rings. The van der Waals surface area contributed by atoms with Gasteiger partial charge in [-0.2, -0.15) is 0 Å². The second-order valence-electron chi connectivity index (χ2n) is 0. The van der Waals surface area contributed by atoms with Gasteiger partial charge in [0.05, 0.1) is 0 Å². The maximum Gasteiger partial charge on any atom is 0 e. The van der Waals surface area contributed by atoms with Crippen molar-refractivity contribution in [1.29, 1.82) is 0 Å². The van der Waals surface area contributed by atoms with Crippen molar-refractivity contribution in [2.24, 2.45) is 0 Å². The van der Waals surface area contributed by atoms with Crippen molar-refractivity contribution in [1.82, 2.24) is 0 Å². The summed E-state index contributed by atoms with van der Waals surface area (Å²) in [4.78, 5) is 0. The molecule has 22 valence electrons. The molecule has 0 rings (SSSR count). The van der Waals surface area contributed by atoms with Crippen molar-refractivity contribution < 1.29 is 53.9 Å². The predicted octanol–water partition coefficient (Wildman–Crippen LogP) is -0.388. The summed E-state index contributed by atoms with van der Waals surface area (Å²) < 4.78 is 0. The first-order valence-electron chi connectivity index (χ1n) is 0. The second kappa shape index (κ2) is 18.9. The Bertz CT molecular complexity index is 8.00. The molecule has 0 atom stereocenters. The topological polar surface area (TPSA) is 0 Å². The predicted molar refractivity (Wildman–Crippen MR) is 5.75 cm³/mol. The van der Waals surface area contributed by atoms with Crippen LogP contribution in [0, 0.1) is 0 Å². The molecule has 0 aromatic heterocycles. The van der Waals surface area contributed by atoms with Gasteiger partial charge in [-0.15, -0.1) is 0 Å². The van der Waals surface area contributed by atoms with Gasteiger partial charge in [0, 0.05) is 71.3 Å². The fourth-order valence-electron chi connectivity index (χ4n) is 0. The van der Waals surface area contributed by atoms with E-state index < -0.39 is 0 Å². The van der Waals surface area contributed by atoms with E-state index in [1.807, 2.05) is 0 Å². The molecule has 0 unspecified atom stereocenters. The molecule has 4 heavy (non-hydrogen) atoms. The minimum atomic E-state index is 0. The van der Waals surface area contributed by atoms with Gasteiger partial charge in [0.1, 0.15) is 0 Å². The van der Waals surface area contributed by atoms with Gasteiger partial charge in [-0.1, -0.05) is 0 Å². The molecule has 0 saturated heterocycles. The molecule has 0 heterocycles. The van der Waals surface area contributed by atoms with Crippen LogP contribution in [-0.4, -0.2) is 17.4 Å². The standard InChI is InChI=1S/Al.Cr.Cu.Zn. The van der Waals surface area contributed by atoms with E-state index in [0.29, 0.717) is 0 Å². The summed E-state index contributed by atoms with van der Waals surface area (Å²) >= 11 is 0. The minimum Gasteiger partial charge on any atom is 0 e. The van der Waals surface area contributed by atoms with Crippen LogP contribution in [0.5, 0.6) is 0 Å². The molecule has 0 bridgehead atoms. The average Bonchev–Trinajstić information content (AvgIpc) is 0. The molecule has 0 aliphatic heterocycles. The summed E-state index contributed by atoms with van der Waals surface area (Å²) in [7, 11) is 0. The number of hydrogen-bond acceptors (Lipinski definition) is 0. The Morgan fingerprint density at radius 1 is 1.00 bits per heavy atom. The number of hydrogen-bond donors (Lipinski definition) is 0. The summed E-state index contributed by atoms with van der Waals surface area (Å²) in [5, 5.41) is 0. The Morgan fingerprint density at radius 2 is 1.00 bits per heavy atom. The molecular weight excluding hydrogens is 208 g/mol. The molecular formula is AlCrCuZn. The SMILES string of the molecule is [Al].[Cr].[Cu].[Zn]. The first-order chi connectivity index (χ1) is 0. The zero-order chi connectivity index (χ0) is 0. The maximum atomic E-state index is 0. The van der Waals surface area contributed by atoms with Gasteiger partial charge in [-0.25, -0.2) is 0 Å². The zero-order valence-corrected chi connectivity index (χ0v) is 8.33. The van der Waals surface area contributed by atoms with Crippen LogP contribution in [0.25, 0.3) is 0 Å². The molecule has 0 aromatic rings. The van der Waals surface area contributed by atoms with Crippen molar-refractivity contribution in [2.75, 3.05) is 0 Å². The molecule has 0 nitrogen and oxygen atoms in total. The van der Waals surface area contributed by atoms with Crippen LogP contribution in [0.1, 0.15) is 0 Å². The van der Waals surface area contributed by atoms with E-state index in [4.69, 9.17) is 0 Å². The minimum absolute atomic E-state index is 0. The summed E-state index contributed by atoms with van der Waals surface area (Å²) in [5.41, 5.74) is 0. The average molecular weight is 208 g/mol. The van der Waals surface area contributed by atoms with Gasteiger partial charge in [-0.3, -0.25) is 0 Å². The van der Waals surface area contributed by atoms with E-state index in [9.17, 15) is 0 Å². The van der Waals surface area contributed by atoms with Gasteiger partial charge in [-0.05, 0) is 0 Å². The molecule has 0 amide bonds. The van der Waals surface area contributed by atoms with E-state index in [-0.39, 0.29) is 71.3 Å². The fraction of sp³-hybridized carbons (Fsp3) is 0. The zero-order valence-electron chi connectivity index (χ0n) is 1.99. The van der Waals surface area contributed by atoms with E-state index in [0.717, 1.165) is 0 Å². The first-order valence-corrected chi connectivity index (χ1v) is 0. The van der Waals surface area contributed by atoms with Crippen LogP contribution in [0.15, 0.2) is 0 Å². The maximum absolute atomic E-state index is 0. The van der Waals surface area contributed by atoms with Crippen molar-refractivity contribution in [3.63, 3.8) is 0 Å². The molecule has 4 heteroatoms. The van der Waals surface area contributed by atoms with E-state index >= 15 is 0 Å². The largest absolute Gasteiger partial charge is 0 e. The van der Waals surface area contributed by atoms with E-state index in [1.54, 1.807) is 0 Å². The molecule has 0 N–H and O–H groups in total. The van der Waals surface area contributed by atoms with E-state index in [1.165, 1.54) is 0 Å². The van der Waals surface area contributed by atoms with Gasteiger partial charge in [0.15, 0.2) is 0 Å². The second-order valence-corrected chi connectivity index (χ2v) is 0. The van der Waals surface area contributed by atoms with Crippen LogP contribution in [0.2, 0.25) is 0 Å². The Labute approximate surface area is 70.6 Å². The fourth-order valence-corrected chi connectivity index (χ4v) is 0. The Morgan fingerprint density at radius 3 is 1.00 bits per heavy atom. The monoisotopic (exact) mass is 206 g/mol. The summed E-state index contributed by atoms with van der Waals surface area (Å²) in [6, 6.07) is 0. The van der Waals surface area contributed by atoms with Gasteiger partial charge in [0.2, 0.25) is 0 Å². The molecule has 0 saturated carbocycles. The van der Waals surface area contributed by atoms with Crippen LogP contribution in [-0.2, 0) is 53.9 Å². The van der Waals surface area contributed by atoms with Crippen LogP contribution in [0.4, 0.5) is 0 Å². The van der Waals surface area contributed by atoms with Crippen LogP contribution in [0.3, 0.4) is 0 Å². The summed E-state index contributed by atoms with van der Waals surface area (Å²) in [6.45, 7) is 0. The molecule has 0 aliphatic carbocycles. The summed E-state index contributed by atoms with van der Waals surface area (Å²) in [6.07, 6.45) is 0. The van der Waals surface area contributed by atoms with Crippen molar-refractivity contribution in [3.05, 3.63) is 0 Å². The van der Waals surface area contributed by atoms with Gasteiger partial charge >= 0.3 is 0 Å². The van der Waals surface area contributed by atoms with E-state index in [2.05, 4.69) is 0 Å². The van der Waals surface area contributed by atoms with Gasteiger partial charge < -0.3 is 0 Å². The Kier molecular flexibility index (Phi) is 163. The molecule has 0 fully saturated rings. The molecule has 0 aromatic carbocycles. The van der Waals surface area contributed by atoms with Gasteiger partial charge in [0.25, 0.3) is 0 Å². The molecule has 0 spiro atoms. The quantitative estimate of drug-likeness (QED) is 0.475. The van der Waals surface area contributed by atoms with Crippen molar-refractivity contribution in [3.8, 4) is 0 Å². The third kappa shape index (κ3) is 8.88. The van der Waals surface area contributed by atoms with Crippen molar-refractivity contribution in [2.45, 2.75) is 0 Å². The smallest absolute Gasteiger partial charge is 0 e. The Hall–Kier alpha value is 2.21. The molecule has 4 radical (unpaired) electrons.